The normalized spacial score (nSPS) is 10.9. The number of hydrogen-bond donors (Lipinski definition) is 1. The number of nitrogens with one attached hydrogen (secondary N) is 1. The number of hydrogen-bond acceptors (Lipinski definition) is 2. The Morgan fingerprint density at radius 2 is 2.21 bits per heavy atom. The van der Waals surface area contributed by atoms with E-state index in [1.54, 1.807) is 6.07 Å². The van der Waals surface area contributed by atoms with Crippen LogP contribution in [0.5, 0.6) is 0 Å². The minimum atomic E-state index is -0.187. The van der Waals surface area contributed by atoms with Crippen molar-refractivity contribution in [2.45, 2.75) is 26.8 Å². The Morgan fingerprint density at radius 1 is 1.37 bits per heavy atom. The average molecular weight is 261 g/mol. The highest BCUT2D eigenvalue weighted by Gasteiger charge is 2.03. The van der Waals surface area contributed by atoms with Crippen LogP contribution in [0, 0.1) is 12.7 Å². The lowest BCUT2D eigenvalue weighted by molar-refractivity contribution is 0.622. The van der Waals surface area contributed by atoms with Crippen molar-refractivity contribution in [3.05, 3.63) is 53.4 Å². The van der Waals surface area contributed by atoms with Crippen LogP contribution in [-0.4, -0.2) is 22.6 Å². The number of likely N-dealkylation sites (N-methyl/N-ethyl adjacent to an activating group) is 1. The number of aromatic nitrogens is 2. The molecule has 0 spiro atoms. The molecule has 1 aromatic carbocycles. The summed E-state index contributed by atoms with van der Waals surface area (Å²) in [6.07, 6.45) is 4.76. The molecule has 1 heterocycles. The highest BCUT2D eigenvalue weighted by atomic mass is 19.1. The van der Waals surface area contributed by atoms with Crippen LogP contribution in [0.4, 0.5) is 4.39 Å². The standard InChI is InChI=1S/C15H20FN3/c1-3-17-7-6-15-10-19(11-18-15)9-13-8-14(16)5-4-12(13)2/h4-5,8,10-11,17H,3,6-7,9H2,1-2H3. The lowest BCUT2D eigenvalue weighted by Gasteiger charge is -2.06. The molecule has 0 saturated carbocycles. The van der Waals surface area contributed by atoms with Gasteiger partial charge in [-0.25, -0.2) is 9.37 Å². The number of rotatable bonds is 6. The highest BCUT2D eigenvalue weighted by molar-refractivity contribution is 5.26. The van der Waals surface area contributed by atoms with Crippen LogP contribution < -0.4 is 5.32 Å². The quantitative estimate of drug-likeness (QED) is 0.810. The Morgan fingerprint density at radius 3 is 3.00 bits per heavy atom. The van der Waals surface area contributed by atoms with Crippen molar-refractivity contribution in [2.24, 2.45) is 0 Å². The van der Waals surface area contributed by atoms with Crippen LogP contribution in [-0.2, 0) is 13.0 Å². The predicted octanol–water partition coefficient (Wildman–Crippen LogP) is 2.53. The van der Waals surface area contributed by atoms with E-state index in [-0.39, 0.29) is 5.82 Å². The second kappa shape index (κ2) is 6.48. The van der Waals surface area contributed by atoms with Gasteiger partial charge in [-0.15, -0.1) is 0 Å². The average Bonchev–Trinajstić information content (AvgIpc) is 2.82. The molecule has 0 atom stereocenters. The molecular weight excluding hydrogens is 241 g/mol. The molecule has 0 amide bonds. The van der Waals surface area contributed by atoms with Gasteiger partial charge >= 0.3 is 0 Å². The zero-order chi connectivity index (χ0) is 13.7. The van der Waals surface area contributed by atoms with Gasteiger partial charge in [-0.1, -0.05) is 13.0 Å². The van der Waals surface area contributed by atoms with Crippen molar-refractivity contribution >= 4 is 0 Å². The highest BCUT2D eigenvalue weighted by Crippen LogP contribution is 2.12. The van der Waals surface area contributed by atoms with Gasteiger partial charge in [-0.2, -0.15) is 0 Å². The van der Waals surface area contributed by atoms with E-state index in [9.17, 15) is 4.39 Å². The van der Waals surface area contributed by atoms with E-state index in [1.165, 1.54) is 6.07 Å². The molecule has 19 heavy (non-hydrogen) atoms. The molecule has 1 aromatic heterocycles. The minimum Gasteiger partial charge on any atom is -0.333 e. The number of benzene rings is 1. The summed E-state index contributed by atoms with van der Waals surface area (Å²) in [7, 11) is 0. The van der Waals surface area contributed by atoms with Gasteiger partial charge in [-0.05, 0) is 36.7 Å². The maximum Gasteiger partial charge on any atom is 0.123 e. The fourth-order valence-electron chi connectivity index (χ4n) is 2.02. The monoisotopic (exact) mass is 261 g/mol. The van der Waals surface area contributed by atoms with Gasteiger partial charge in [0.15, 0.2) is 0 Å². The van der Waals surface area contributed by atoms with E-state index in [4.69, 9.17) is 0 Å². The van der Waals surface area contributed by atoms with Crippen molar-refractivity contribution in [3.63, 3.8) is 0 Å². The fraction of sp³-hybridized carbons (Fsp3) is 0.400. The Bertz CT molecular complexity index is 534. The van der Waals surface area contributed by atoms with Crippen LogP contribution in [0.3, 0.4) is 0 Å². The number of halogens is 1. The molecule has 3 nitrogen and oxygen atoms in total. The van der Waals surface area contributed by atoms with Gasteiger partial charge in [0.2, 0.25) is 0 Å². The molecule has 0 radical (unpaired) electrons. The largest absolute Gasteiger partial charge is 0.333 e. The van der Waals surface area contributed by atoms with Gasteiger partial charge in [0, 0.05) is 25.7 Å². The molecule has 2 aromatic rings. The first-order chi connectivity index (χ1) is 9.19. The molecule has 4 heteroatoms. The van der Waals surface area contributed by atoms with Gasteiger partial charge in [-0.3, -0.25) is 0 Å². The lowest BCUT2D eigenvalue weighted by Crippen LogP contribution is -2.16. The molecule has 102 valence electrons. The summed E-state index contributed by atoms with van der Waals surface area (Å²) in [6, 6.07) is 4.90. The molecule has 0 aliphatic heterocycles. The fourth-order valence-corrected chi connectivity index (χ4v) is 2.02. The number of aryl methyl sites for hydroxylation is 1. The molecule has 0 aliphatic rings. The van der Waals surface area contributed by atoms with Crippen LogP contribution in [0.1, 0.15) is 23.7 Å². The van der Waals surface area contributed by atoms with E-state index in [1.807, 2.05) is 30.1 Å². The number of imidazole rings is 1. The topological polar surface area (TPSA) is 29.9 Å². The molecule has 0 bridgehead atoms. The van der Waals surface area contributed by atoms with E-state index >= 15 is 0 Å². The van der Waals surface area contributed by atoms with E-state index in [0.717, 1.165) is 36.3 Å². The first kappa shape index (κ1) is 13.7. The lowest BCUT2D eigenvalue weighted by atomic mass is 10.1. The zero-order valence-electron chi connectivity index (χ0n) is 11.5. The summed E-state index contributed by atoms with van der Waals surface area (Å²) >= 11 is 0. The predicted molar refractivity (Wildman–Crippen MR) is 74.7 cm³/mol. The molecule has 0 fully saturated rings. The smallest absolute Gasteiger partial charge is 0.123 e. The van der Waals surface area contributed by atoms with Crippen LogP contribution in [0.25, 0.3) is 0 Å². The molecule has 1 N–H and O–H groups in total. The Balaban J connectivity index is 2.01. The summed E-state index contributed by atoms with van der Waals surface area (Å²) < 4.78 is 15.2. The van der Waals surface area contributed by atoms with Crippen LogP contribution >= 0.6 is 0 Å². The van der Waals surface area contributed by atoms with Gasteiger partial charge in [0.1, 0.15) is 5.82 Å². The molecule has 0 saturated heterocycles. The van der Waals surface area contributed by atoms with Crippen molar-refractivity contribution < 1.29 is 4.39 Å². The van der Waals surface area contributed by atoms with E-state index in [0.29, 0.717) is 6.54 Å². The SMILES string of the molecule is CCNCCc1cn(Cc2cc(F)ccc2C)cn1. The van der Waals surface area contributed by atoms with Gasteiger partial charge < -0.3 is 9.88 Å². The number of nitrogens with zero attached hydrogens (tertiary/aromatic N) is 2. The Hall–Kier alpha value is -1.68. The van der Waals surface area contributed by atoms with Gasteiger partial charge in [0.25, 0.3) is 0 Å². The summed E-state index contributed by atoms with van der Waals surface area (Å²) in [5, 5.41) is 3.27. The van der Waals surface area contributed by atoms with Crippen molar-refractivity contribution in [2.75, 3.05) is 13.1 Å². The molecule has 0 aliphatic carbocycles. The third-order valence-electron chi connectivity index (χ3n) is 3.16. The summed E-state index contributed by atoms with van der Waals surface area (Å²) in [5.41, 5.74) is 3.16. The molecule has 2 rings (SSSR count). The maximum absolute atomic E-state index is 13.2. The van der Waals surface area contributed by atoms with Crippen molar-refractivity contribution in [1.29, 1.82) is 0 Å². The second-order valence-corrected chi connectivity index (χ2v) is 4.71. The second-order valence-electron chi connectivity index (χ2n) is 4.71. The third-order valence-corrected chi connectivity index (χ3v) is 3.16. The van der Waals surface area contributed by atoms with Crippen LogP contribution in [0.2, 0.25) is 0 Å². The molecular formula is C15H20FN3. The van der Waals surface area contributed by atoms with Gasteiger partial charge in [0.05, 0.1) is 12.0 Å². The van der Waals surface area contributed by atoms with E-state index in [2.05, 4.69) is 17.2 Å². The van der Waals surface area contributed by atoms with E-state index < -0.39 is 0 Å². The van der Waals surface area contributed by atoms with Crippen LogP contribution in [0.15, 0.2) is 30.7 Å². The molecule has 0 unspecified atom stereocenters. The van der Waals surface area contributed by atoms with Crippen molar-refractivity contribution in [1.82, 2.24) is 14.9 Å². The Kier molecular flexibility index (Phi) is 4.68. The third kappa shape index (κ3) is 3.89. The summed E-state index contributed by atoms with van der Waals surface area (Å²) in [4.78, 5) is 4.37. The first-order valence-corrected chi connectivity index (χ1v) is 6.65. The minimum absolute atomic E-state index is 0.187. The van der Waals surface area contributed by atoms with Crippen molar-refractivity contribution in [3.8, 4) is 0 Å². The maximum atomic E-state index is 13.2. The Labute approximate surface area is 113 Å². The zero-order valence-corrected chi connectivity index (χ0v) is 11.5. The summed E-state index contributed by atoms with van der Waals surface area (Å²) in [5.74, 6) is -0.187. The first-order valence-electron chi connectivity index (χ1n) is 6.65. The summed E-state index contributed by atoms with van der Waals surface area (Å²) in [6.45, 7) is 6.66.